The van der Waals surface area contributed by atoms with Crippen LogP contribution in [0.25, 0.3) is 0 Å². The fraction of sp³-hybridized carbons (Fsp3) is 0.444. The Kier molecular flexibility index (Phi) is 4.94. The molecule has 1 N–H and O–H groups in total. The number of aliphatic hydroxyl groups excluding tert-OH is 1. The molecule has 5 nitrogen and oxygen atoms in total. The molecule has 0 spiro atoms. The van der Waals surface area contributed by atoms with Gasteiger partial charge in [0.05, 0.1) is 6.42 Å². The molecule has 0 bridgehead atoms. The van der Waals surface area contributed by atoms with Crippen molar-refractivity contribution in [2.75, 3.05) is 13.1 Å². The van der Waals surface area contributed by atoms with Gasteiger partial charge < -0.3 is 14.6 Å². The third-order valence-electron chi connectivity index (χ3n) is 4.62. The van der Waals surface area contributed by atoms with Crippen LogP contribution in [-0.2, 0) is 18.3 Å². The molecule has 1 amide bonds. The van der Waals surface area contributed by atoms with Crippen LogP contribution in [0.2, 0.25) is 0 Å². The number of imidazole rings is 1. The Morgan fingerprint density at radius 1 is 1.50 bits per heavy atom. The second kappa shape index (κ2) is 7.13. The molecule has 1 saturated heterocycles. The Morgan fingerprint density at radius 3 is 3.04 bits per heavy atom. The van der Waals surface area contributed by atoms with Gasteiger partial charge in [0.25, 0.3) is 0 Å². The van der Waals surface area contributed by atoms with E-state index in [1.54, 1.807) is 34.0 Å². The molecule has 3 rings (SSSR count). The Labute approximate surface area is 140 Å². The maximum absolute atomic E-state index is 13.3. The van der Waals surface area contributed by atoms with E-state index in [1.165, 1.54) is 12.1 Å². The summed E-state index contributed by atoms with van der Waals surface area (Å²) in [4.78, 5) is 18.5. The number of carbonyl (C=O) groups excluding carboxylic acids is 1. The van der Waals surface area contributed by atoms with Crippen molar-refractivity contribution in [3.05, 3.63) is 53.9 Å². The number of halogens is 1. The first-order valence-corrected chi connectivity index (χ1v) is 8.22. The van der Waals surface area contributed by atoms with Crippen molar-refractivity contribution in [1.82, 2.24) is 14.5 Å². The van der Waals surface area contributed by atoms with Crippen LogP contribution in [0.5, 0.6) is 0 Å². The number of aryl methyl sites for hydroxylation is 1. The van der Waals surface area contributed by atoms with Crippen molar-refractivity contribution >= 4 is 5.91 Å². The number of amides is 1. The van der Waals surface area contributed by atoms with Crippen LogP contribution >= 0.6 is 0 Å². The summed E-state index contributed by atoms with van der Waals surface area (Å²) in [6, 6.07) is 6.13. The molecule has 1 aromatic heterocycles. The molecule has 0 aliphatic carbocycles. The van der Waals surface area contributed by atoms with E-state index in [0.29, 0.717) is 24.5 Å². The zero-order valence-corrected chi connectivity index (χ0v) is 13.7. The number of piperidine rings is 1. The van der Waals surface area contributed by atoms with Crippen molar-refractivity contribution < 1.29 is 14.3 Å². The molecule has 1 aromatic carbocycles. The van der Waals surface area contributed by atoms with E-state index in [1.807, 2.05) is 7.05 Å². The molecule has 0 saturated carbocycles. The standard InChI is InChI=1S/C18H22FN3O2/c1-21-9-7-20-18(21)17(24)14-5-3-8-22(12-14)16(23)11-13-4-2-6-15(19)10-13/h2,4,6-7,9-10,14,17,24H,3,5,8,11-12H2,1H3. The third kappa shape index (κ3) is 3.64. The van der Waals surface area contributed by atoms with Gasteiger partial charge in [0.2, 0.25) is 5.91 Å². The summed E-state index contributed by atoms with van der Waals surface area (Å²) in [6.07, 6.45) is 4.67. The Hall–Kier alpha value is -2.21. The quantitative estimate of drug-likeness (QED) is 0.933. The molecule has 2 unspecified atom stereocenters. The predicted octanol–water partition coefficient (Wildman–Crippen LogP) is 2.07. The maximum Gasteiger partial charge on any atom is 0.227 e. The fourth-order valence-electron chi connectivity index (χ4n) is 3.30. The van der Waals surface area contributed by atoms with Crippen molar-refractivity contribution in [1.29, 1.82) is 0 Å². The molecule has 24 heavy (non-hydrogen) atoms. The van der Waals surface area contributed by atoms with Gasteiger partial charge in [0, 0.05) is 38.4 Å². The zero-order valence-electron chi connectivity index (χ0n) is 13.7. The van der Waals surface area contributed by atoms with Crippen LogP contribution in [0.15, 0.2) is 36.7 Å². The predicted molar refractivity (Wildman–Crippen MR) is 87.6 cm³/mol. The molecule has 2 atom stereocenters. The van der Waals surface area contributed by atoms with Crippen molar-refractivity contribution in [3.63, 3.8) is 0 Å². The highest BCUT2D eigenvalue weighted by Gasteiger charge is 2.31. The van der Waals surface area contributed by atoms with Gasteiger partial charge in [-0.2, -0.15) is 0 Å². The Morgan fingerprint density at radius 2 is 2.33 bits per heavy atom. The molecule has 1 aliphatic rings. The minimum Gasteiger partial charge on any atom is -0.385 e. The van der Waals surface area contributed by atoms with Crippen LogP contribution in [0.4, 0.5) is 4.39 Å². The highest BCUT2D eigenvalue weighted by Crippen LogP contribution is 2.29. The smallest absolute Gasteiger partial charge is 0.227 e. The van der Waals surface area contributed by atoms with Gasteiger partial charge in [-0.25, -0.2) is 9.37 Å². The highest BCUT2D eigenvalue weighted by atomic mass is 19.1. The van der Waals surface area contributed by atoms with E-state index < -0.39 is 6.10 Å². The van der Waals surface area contributed by atoms with E-state index in [-0.39, 0.29) is 24.1 Å². The number of carbonyl (C=O) groups is 1. The average molecular weight is 331 g/mol. The van der Waals surface area contributed by atoms with E-state index >= 15 is 0 Å². The minimum atomic E-state index is -0.685. The number of benzene rings is 1. The molecule has 1 aliphatic heterocycles. The molecular formula is C18H22FN3O2. The molecule has 1 fully saturated rings. The van der Waals surface area contributed by atoms with Gasteiger partial charge in [0.15, 0.2) is 0 Å². The zero-order chi connectivity index (χ0) is 17.1. The average Bonchev–Trinajstić information content (AvgIpc) is 3.00. The van der Waals surface area contributed by atoms with Gasteiger partial charge >= 0.3 is 0 Å². The number of aromatic nitrogens is 2. The number of hydrogen-bond acceptors (Lipinski definition) is 3. The second-order valence-corrected chi connectivity index (χ2v) is 6.39. The number of rotatable bonds is 4. The number of likely N-dealkylation sites (tertiary alicyclic amines) is 1. The summed E-state index contributed by atoms with van der Waals surface area (Å²) in [5.41, 5.74) is 0.673. The summed E-state index contributed by atoms with van der Waals surface area (Å²) in [6.45, 7) is 1.18. The lowest BCUT2D eigenvalue weighted by molar-refractivity contribution is -0.133. The summed E-state index contributed by atoms with van der Waals surface area (Å²) in [5, 5.41) is 10.6. The molecular weight excluding hydrogens is 309 g/mol. The maximum atomic E-state index is 13.3. The third-order valence-corrected chi connectivity index (χ3v) is 4.62. The first-order chi connectivity index (χ1) is 11.5. The molecule has 0 radical (unpaired) electrons. The Balaban J connectivity index is 1.64. The first-order valence-electron chi connectivity index (χ1n) is 8.22. The lowest BCUT2D eigenvalue weighted by atomic mass is 9.91. The molecule has 2 aromatic rings. The topological polar surface area (TPSA) is 58.4 Å². The monoisotopic (exact) mass is 331 g/mol. The number of hydrogen-bond donors (Lipinski definition) is 1. The first kappa shape index (κ1) is 16.6. The van der Waals surface area contributed by atoms with Gasteiger partial charge in [0.1, 0.15) is 17.7 Å². The normalized spacial score (nSPS) is 19.3. The molecule has 2 heterocycles. The van der Waals surface area contributed by atoms with Crippen LogP contribution < -0.4 is 0 Å². The van der Waals surface area contributed by atoms with Crippen LogP contribution in [0.1, 0.15) is 30.3 Å². The van der Waals surface area contributed by atoms with Crippen LogP contribution in [0.3, 0.4) is 0 Å². The number of aliphatic hydroxyl groups is 1. The Bertz CT molecular complexity index is 716. The summed E-state index contributed by atoms with van der Waals surface area (Å²) >= 11 is 0. The van der Waals surface area contributed by atoms with E-state index in [0.717, 1.165) is 12.8 Å². The lowest BCUT2D eigenvalue weighted by Crippen LogP contribution is -2.42. The fourth-order valence-corrected chi connectivity index (χ4v) is 3.30. The highest BCUT2D eigenvalue weighted by molar-refractivity contribution is 5.78. The van der Waals surface area contributed by atoms with Gasteiger partial charge in [-0.15, -0.1) is 0 Å². The van der Waals surface area contributed by atoms with Crippen molar-refractivity contribution in [2.45, 2.75) is 25.4 Å². The summed E-state index contributed by atoms with van der Waals surface area (Å²) in [5.74, 6) is 0.232. The van der Waals surface area contributed by atoms with E-state index in [2.05, 4.69) is 4.98 Å². The van der Waals surface area contributed by atoms with Gasteiger partial charge in [-0.3, -0.25) is 4.79 Å². The minimum absolute atomic E-state index is 0.0302. The van der Waals surface area contributed by atoms with Gasteiger partial charge in [-0.1, -0.05) is 12.1 Å². The van der Waals surface area contributed by atoms with E-state index in [9.17, 15) is 14.3 Å². The SMILES string of the molecule is Cn1ccnc1C(O)C1CCCN(C(=O)Cc2cccc(F)c2)C1. The summed E-state index contributed by atoms with van der Waals surface area (Å²) in [7, 11) is 1.85. The van der Waals surface area contributed by atoms with E-state index in [4.69, 9.17) is 0 Å². The molecule has 128 valence electrons. The number of nitrogens with zero attached hydrogens (tertiary/aromatic N) is 3. The van der Waals surface area contributed by atoms with Crippen LogP contribution in [0, 0.1) is 11.7 Å². The lowest BCUT2D eigenvalue weighted by Gasteiger charge is -2.35. The molecule has 6 heteroatoms. The van der Waals surface area contributed by atoms with Crippen LogP contribution in [-0.4, -0.2) is 38.6 Å². The van der Waals surface area contributed by atoms with Gasteiger partial charge in [-0.05, 0) is 30.5 Å². The van der Waals surface area contributed by atoms with Crippen molar-refractivity contribution in [2.24, 2.45) is 13.0 Å². The largest absolute Gasteiger partial charge is 0.385 e. The second-order valence-electron chi connectivity index (χ2n) is 6.39. The summed E-state index contributed by atoms with van der Waals surface area (Å²) < 4.78 is 15.1. The van der Waals surface area contributed by atoms with Crippen molar-refractivity contribution in [3.8, 4) is 0 Å².